The first-order valence-electron chi connectivity index (χ1n) is 4.89. The lowest BCUT2D eigenvalue weighted by Crippen LogP contribution is -2.11. The molecule has 1 aliphatic rings. The molecule has 0 atom stereocenters. The SMILES string of the molecule is CCC1=NN(C)c2ccccc2C=C1. The summed E-state index contributed by atoms with van der Waals surface area (Å²) in [5, 5.41) is 6.44. The summed E-state index contributed by atoms with van der Waals surface area (Å²) >= 11 is 0. The summed E-state index contributed by atoms with van der Waals surface area (Å²) in [7, 11) is 1.99. The molecule has 0 aromatic heterocycles. The summed E-state index contributed by atoms with van der Waals surface area (Å²) in [6, 6.07) is 8.28. The fourth-order valence-corrected chi connectivity index (χ4v) is 1.58. The van der Waals surface area contributed by atoms with Gasteiger partial charge in [-0.15, -0.1) is 0 Å². The molecular formula is C12H14N2. The Labute approximate surface area is 84.6 Å². The van der Waals surface area contributed by atoms with E-state index in [9.17, 15) is 0 Å². The van der Waals surface area contributed by atoms with Crippen molar-refractivity contribution in [3.63, 3.8) is 0 Å². The van der Waals surface area contributed by atoms with Gasteiger partial charge in [0.2, 0.25) is 0 Å². The van der Waals surface area contributed by atoms with Gasteiger partial charge in [0, 0.05) is 7.05 Å². The third-order valence-corrected chi connectivity index (χ3v) is 2.38. The van der Waals surface area contributed by atoms with E-state index in [2.05, 4.69) is 36.3 Å². The summed E-state index contributed by atoms with van der Waals surface area (Å²) in [5.74, 6) is 0. The molecule has 0 aliphatic carbocycles. The molecular weight excluding hydrogens is 172 g/mol. The molecule has 72 valence electrons. The molecule has 0 radical (unpaired) electrons. The molecule has 2 nitrogen and oxygen atoms in total. The van der Waals surface area contributed by atoms with Crippen LogP contribution >= 0.6 is 0 Å². The van der Waals surface area contributed by atoms with Gasteiger partial charge in [-0.25, -0.2) is 0 Å². The lowest BCUT2D eigenvalue weighted by molar-refractivity contribution is 1.01. The number of fused-ring (bicyclic) bond motifs is 1. The zero-order chi connectivity index (χ0) is 9.97. The van der Waals surface area contributed by atoms with Crippen molar-refractivity contribution in [3.05, 3.63) is 35.9 Å². The molecule has 0 amide bonds. The van der Waals surface area contributed by atoms with E-state index in [0.717, 1.165) is 17.8 Å². The number of hydrogen-bond acceptors (Lipinski definition) is 2. The van der Waals surface area contributed by atoms with Crippen molar-refractivity contribution in [2.24, 2.45) is 5.10 Å². The van der Waals surface area contributed by atoms with Gasteiger partial charge in [-0.1, -0.05) is 31.2 Å². The molecule has 2 heteroatoms. The van der Waals surface area contributed by atoms with Crippen LogP contribution in [-0.4, -0.2) is 12.8 Å². The van der Waals surface area contributed by atoms with Crippen LogP contribution in [0.2, 0.25) is 0 Å². The van der Waals surface area contributed by atoms with Crippen LogP contribution in [0, 0.1) is 0 Å². The number of anilines is 1. The van der Waals surface area contributed by atoms with E-state index in [1.54, 1.807) is 0 Å². The number of rotatable bonds is 1. The molecule has 0 bridgehead atoms. The van der Waals surface area contributed by atoms with Crippen molar-refractivity contribution in [2.45, 2.75) is 13.3 Å². The average molecular weight is 186 g/mol. The lowest BCUT2D eigenvalue weighted by atomic mass is 10.1. The monoisotopic (exact) mass is 186 g/mol. The molecule has 2 rings (SSSR count). The molecule has 1 aromatic rings. The Morgan fingerprint density at radius 3 is 2.79 bits per heavy atom. The van der Waals surface area contributed by atoms with E-state index in [0.29, 0.717) is 0 Å². The van der Waals surface area contributed by atoms with E-state index in [-0.39, 0.29) is 0 Å². The van der Waals surface area contributed by atoms with Gasteiger partial charge in [0.15, 0.2) is 0 Å². The second kappa shape index (κ2) is 3.66. The summed E-state index contributed by atoms with van der Waals surface area (Å²) in [6.07, 6.45) is 5.18. The molecule has 0 unspecified atom stereocenters. The van der Waals surface area contributed by atoms with Crippen molar-refractivity contribution in [1.29, 1.82) is 0 Å². The second-order valence-electron chi connectivity index (χ2n) is 3.36. The zero-order valence-electron chi connectivity index (χ0n) is 8.57. The minimum absolute atomic E-state index is 0.967. The smallest absolute Gasteiger partial charge is 0.0663 e. The molecule has 0 saturated carbocycles. The van der Waals surface area contributed by atoms with Crippen molar-refractivity contribution < 1.29 is 0 Å². The average Bonchev–Trinajstić information content (AvgIpc) is 2.39. The fraction of sp³-hybridized carbons (Fsp3) is 0.250. The van der Waals surface area contributed by atoms with Gasteiger partial charge in [0.1, 0.15) is 0 Å². The van der Waals surface area contributed by atoms with Gasteiger partial charge in [0.05, 0.1) is 11.4 Å². The summed E-state index contributed by atoms with van der Waals surface area (Å²) in [4.78, 5) is 0. The Bertz CT molecular complexity index is 391. The summed E-state index contributed by atoms with van der Waals surface area (Å²) < 4.78 is 0. The Balaban J connectivity index is 2.48. The quantitative estimate of drug-likeness (QED) is 0.658. The second-order valence-corrected chi connectivity index (χ2v) is 3.36. The Morgan fingerprint density at radius 1 is 1.21 bits per heavy atom. The third kappa shape index (κ3) is 1.55. The minimum atomic E-state index is 0.967. The number of allylic oxidation sites excluding steroid dienone is 1. The van der Waals surface area contributed by atoms with E-state index >= 15 is 0 Å². The predicted octanol–water partition coefficient (Wildman–Crippen LogP) is 2.92. The first-order valence-corrected chi connectivity index (χ1v) is 4.89. The Hall–Kier alpha value is -1.57. The standard InChI is InChI=1S/C12H14N2/c1-3-11-9-8-10-6-4-5-7-12(10)14(2)13-11/h4-9H,3H2,1-2H3. The van der Waals surface area contributed by atoms with Crippen molar-refractivity contribution >= 4 is 17.5 Å². The van der Waals surface area contributed by atoms with E-state index in [4.69, 9.17) is 0 Å². The van der Waals surface area contributed by atoms with Gasteiger partial charge < -0.3 is 0 Å². The molecule has 0 saturated heterocycles. The molecule has 1 heterocycles. The predicted molar refractivity (Wildman–Crippen MR) is 61.6 cm³/mol. The van der Waals surface area contributed by atoms with Gasteiger partial charge in [-0.3, -0.25) is 5.01 Å². The highest BCUT2D eigenvalue weighted by Gasteiger charge is 2.07. The van der Waals surface area contributed by atoms with Crippen molar-refractivity contribution in [1.82, 2.24) is 0 Å². The van der Waals surface area contributed by atoms with Crippen molar-refractivity contribution in [3.8, 4) is 0 Å². The van der Waals surface area contributed by atoms with Crippen LogP contribution in [0.5, 0.6) is 0 Å². The first kappa shape index (κ1) is 9.00. The molecule has 0 spiro atoms. The number of para-hydroxylation sites is 1. The lowest BCUT2D eigenvalue weighted by Gasteiger charge is -2.14. The number of hydrogen-bond donors (Lipinski definition) is 0. The summed E-state index contributed by atoms with van der Waals surface area (Å²) in [5.41, 5.74) is 3.50. The van der Waals surface area contributed by atoms with Crippen LogP contribution in [0.25, 0.3) is 6.08 Å². The minimum Gasteiger partial charge on any atom is -0.268 e. The third-order valence-electron chi connectivity index (χ3n) is 2.38. The van der Waals surface area contributed by atoms with Gasteiger partial charge in [-0.2, -0.15) is 5.10 Å². The van der Waals surface area contributed by atoms with Crippen LogP contribution in [-0.2, 0) is 0 Å². The zero-order valence-corrected chi connectivity index (χ0v) is 8.57. The number of hydrazone groups is 1. The van der Waals surface area contributed by atoms with Crippen LogP contribution < -0.4 is 5.01 Å². The van der Waals surface area contributed by atoms with E-state index in [1.165, 1.54) is 5.56 Å². The Kier molecular flexibility index (Phi) is 2.35. The highest BCUT2D eigenvalue weighted by Crippen LogP contribution is 2.23. The Morgan fingerprint density at radius 2 is 2.00 bits per heavy atom. The maximum absolute atomic E-state index is 4.50. The molecule has 0 fully saturated rings. The molecule has 0 N–H and O–H groups in total. The largest absolute Gasteiger partial charge is 0.268 e. The number of benzene rings is 1. The highest BCUT2D eigenvalue weighted by molar-refractivity contribution is 6.00. The first-order chi connectivity index (χ1) is 6.81. The maximum atomic E-state index is 4.50. The van der Waals surface area contributed by atoms with Crippen molar-refractivity contribution in [2.75, 3.05) is 12.1 Å². The van der Waals surface area contributed by atoms with Crippen LogP contribution in [0.4, 0.5) is 5.69 Å². The molecule has 1 aliphatic heterocycles. The number of nitrogens with zero attached hydrogens (tertiary/aromatic N) is 2. The normalized spacial score (nSPS) is 14.7. The topological polar surface area (TPSA) is 15.6 Å². The van der Waals surface area contributed by atoms with Gasteiger partial charge in [0.25, 0.3) is 0 Å². The van der Waals surface area contributed by atoms with Crippen LogP contribution in [0.3, 0.4) is 0 Å². The highest BCUT2D eigenvalue weighted by atomic mass is 15.4. The van der Waals surface area contributed by atoms with Crippen LogP contribution in [0.1, 0.15) is 18.9 Å². The molecule has 14 heavy (non-hydrogen) atoms. The molecule has 1 aromatic carbocycles. The fourth-order valence-electron chi connectivity index (χ4n) is 1.58. The van der Waals surface area contributed by atoms with E-state index < -0.39 is 0 Å². The van der Waals surface area contributed by atoms with E-state index in [1.807, 2.05) is 24.2 Å². The van der Waals surface area contributed by atoms with Gasteiger partial charge in [-0.05, 0) is 24.1 Å². The van der Waals surface area contributed by atoms with Gasteiger partial charge >= 0.3 is 0 Å². The summed E-state index contributed by atoms with van der Waals surface area (Å²) in [6.45, 7) is 2.12. The van der Waals surface area contributed by atoms with Crippen LogP contribution in [0.15, 0.2) is 35.4 Å². The maximum Gasteiger partial charge on any atom is 0.0663 e.